The summed E-state index contributed by atoms with van der Waals surface area (Å²) in [6, 6.07) is 7.02. The maximum atomic E-state index is 13.1. The van der Waals surface area contributed by atoms with Crippen molar-refractivity contribution in [1.29, 1.82) is 5.26 Å². The van der Waals surface area contributed by atoms with E-state index in [0.717, 1.165) is 42.5 Å². The first-order valence-electron chi connectivity index (χ1n) is 11.3. The minimum Gasteiger partial charge on any atom is -0.325 e. The average Bonchev–Trinajstić information content (AvgIpc) is 3.34. The number of carbonyl (C=O) groups is 1. The molecular weight excluding hydrogens is 440 g/mol. The van der Waals surface area contributed by atoms with E-state index in [9.17, 15) is 23.3 Å². The lowest BCUT2D eigenvalue weighted by atomic mass is 9.97. The van der Waals surface area contributed by atoms with Gasteiger partial charge in [-0.3, -0.25) is 9.59 Å². The summed E-state index contributed by atoms with van der Waals surface area (Å²) in [6.07, 6.45) is 3.90. The lowest BCUT2D eigenvalue weighted by Gasteiger charge is -2.30. The first-order valence-corrected chi connectivity index (χ1v) is 12.7. The van der Waals surface area contributed by atoms with E-state index in [1.54, 1.807) is 36.9 Å². The highest BCUT2D eigenvalue weighted by Crippen LogP contribution is 2.32. The minimum absolute atomic E-state index is 0.0605. The molecule has 1 amide bonds. The van der Waals surface area contributed by atoms with E-state index in [1.165, 1.54) is 4.31 Å². The second kappa shape index (κ2) is 9.12. The van der Waals surface area contributed by atoms with Crippen LogP contribution in [0.15, 0.2) is 27.9 Å². The lowest BCUT2D eigenvalue weighted by molar-refractivity contribution is -0.118. The summed E-state index contributed by atoms with van der Waals surface area (Å²) in [6.45, 7) is 5.20. The van der Waals surface area contributed by atoms with Gasteiger partial charge in [-0.2, -0.15) is 9.57 Å². The van der Waals surface area contributed by atoms with E-state index in [2.05, 4.69) is 4.98 Å². The molecule has 0 radical (unpaired) electrons. The van der Waals surface area contributed by atoms with Crippen LogP contribution in [0.5, 0.6) is 0 Å². The second-order valence-corrected chi connectivity index (χ2v) is 10.7. The van der Waals surface area contributed by atoms with Crippen molar-refractivity contribution in [2.75, 3.05) is 24.5 Å². The number of nitriles is 1. The Bertz CT molecular complexity index is 1300. The molecule has 174 valence electrons. The summed E-state index contributed by atoms with van der Waals surface area (Å²) in [4.78, 5) is 29.8. The summed E-state index contributed by atoms with van der Waals surface area (Å²) in [5, 5.41) is 9.26. The zero-order chi connectivity index (χ0) is 23.8. The highest BCUT2D eigenvalue weighted by molar-refractivity contribution is 7.89. The van der Waals surface area contributed by atoms with Gasteiger partial charge in [0.2, 0.25) is 15.9 Å². The molecule has 0 unspecified atom stereocenters. The van der Waals surface area contributed by atoms with E-state index in [0.29, 0.717) is 42.2 Å². The summed E-state index contributed by atoms with van der Waals surface area (Å²) in [7, 11) is -3.50. The van der Waals surface area contributed by atoms with Gasteiger partial charge in [0, 0.05) is 37.4 Å². The van der Waals surface area contributed by atoms with Crippen molar-refractivity contribution in [2.45, 2.75) is 57.3 Å². The van der Waals surface area contributed by atoms with E-state index >= 15 is 0 Å². The smallest absolute Gasteiger partial charge is 0.266 e. The molecule has 3 heterocycles. The molecule has 0 spiro atoms. The van der Waals surface area contributed by atoms with Crippen LogP contribution in [0, 0.1) is 25.2 Å². The molecule has 2 aromatic rings. The van der Waals surface area contributed by atoms with Crippen molar-refractivity contribution in [3.8, 4) is 6.07 Å². The van der Waals surface area contributed by atoms with Crippen LogP contribution in [-0.4, -0.2) is 43.2 Å². The molecule has 1 aromatic heterocycles. The Morgan fingerprint density at radius 1 is 1.15 bits per heavy atom. The molecule has 9 heteroatoms. The molecule has 0 bridgehead atoms. The third-order valence-corrected chi connectivity index (χ3v) is 8.58. The third-order valence-electron chi connectivity index (χ3n) is 6.68. The number of sulfonamides is 1. The standard InChI is InChI=1S/C24H28N4O4S/c1-16-20(17(2)26-24(30)21(16)15-25)8-10-23(29)28-13-5-6-18-14-19(7-9-22(18)28)33(31,32)27-11-3-4-12-27/h7,9,14H,3-6,8,10-13H2,1-2H3,(H,26,30). The Labute approximate surface area is 193 Å². The van der Waals surface area contributed by atoms with Crippen LogP contribution in [-0.2, 0) is 27.7 Å². The topological polar surface area (TPSA) is 114 Å². The fourth-order valence-corrected chi connectivity index (χ4v) is 6.43. The van der Waals surface area contributed by atoms with Gasteiger partial charge in [-0.15, -0.1) is 0 Å². The largest absolute Gasteiger partial charge is 0.325 e. The monoisotopic (exact) mass is 468 g/mol. The number of benzene rings is 1. The number of anilines is 1. The maximum Gasteiger partial charge on any atom is 0.266 e. The van der Waals surface area contributed by atoms with Gasteiger partial charge in [0.15, 0.2) is 0 Å². The lowest BCUT2D eigenvalue weighted by Crippen LogP contribution is -2.36. The number of pyridine rings is 1. The van der Waals surface area contributed by atoms with Crippen molar-refractivity contribution in [3.05, 3.63) is 56.5 Å². The van der Waals surface area contributed by atoms with E-state index < -0.39 is 15.6 Å². The summed E-state index contributed by atoms with van der Waals surface area (Å²) < 4.78 is 27.4. The summed E-state index contributed by atoms with van der Waals surface area (Å²) in [5.74, 6) is -0.0605. The average molecular weight is 469 g/mol. The molecule has 1 fully saturated rings. The van der Waals surface area contributed by atoms with Gasteiger partial charge < -0.3 is 9.88 Å². The van der Waals surface area contributed by atoms with Crippen LogP contribution < -0.4 is 10.5 Å². The van der Waals surface area contributed by atoms with Crippen molar-refractivity contribution in [1.82, 2.24) is 9.29 Å². The number of amides is 1. The predicted octanol–water partition coefficient (Wildman–Crippen LogP) is 2.56. The molecule has 0 saturated carbocycles. The molecule has 2 aliphatic rings. The summed E-state index contributed by atoms with van der Waals surface area (Å²) >= 11 is 0. The van der Waals surface area contributed by atoms with E-state index in [4.69, 9.17) is 0 Å². The number of fused-ring (bicyclic) bond motifs is 1. The van der Waals surface area contributed by atoms with Gasteiger partial charge >= 0.3 is 0 Å². The first kappa shape index (κ1) is 23.2. The SMILES string of the molecule is Cc1[nH]c(=O)c(C#N)c(C)c1CCC(=O)N1CCCc2cc(S(=O)(=O)N3CCCC3)ccc21. The molecule has 33 heavy (non-hydrogen) atoms. The van der Waals surface area contributed by atoms with Gasteiger partial charge in [0.1, 0.15) is 11.6 Å². The Kier molecular flexibility index (Phi) is 6.41. The quantitative estimate of drug-likeness (QED) is 0.724. The number of nitrogens with zero attached hydrogens (tertiary/aromatic N) is 3. The van der Waals surface area contributed by atoms with Crippen molar-refractivity contribution < 1.29 is 13.2 Å². The van der Waals surface area contributed by atoms with Crippen molar-refractivity contribution in [2.24, 2.45) is 0 Å². The fraction of sp³-hybridized carbons (Fsp3) is 0.458. The van der Waals surface area contributed by atoms with Gasteiger partial charge in [0.05, 0.1) is 4.90 Å². The molecule has 2 aliphatic heterocycles. The highest BCUT2D eigenvalue weighted by Gasteiger charge is 2.29. The number of H-pyrrole nitrogens is 1. The molecule has 1 aromatic carbocycles. The van der Waals surface area contributed by atoms with Gasteiger partial charge in [-0.25, -0.2) is 8.42 Å². The Hall–Kier alpha value is -2.96. The number of aryl methyl sites for hydroxylation is 2. The van der Waals surface area contributed by atoms with Crippen LogP contribution in [0.2, 0.25) is 0 Å². The highest BCUT2D eigenvalue weighted by atomic mass is 32.2. The predicted molar refractivity (Wildman–Crippen MR) is 125 cm³/mol. The van der Waals surface area contributed by atoms with Crippen LogP contribution in [0.1, 0.15) is 53.6 Å². The van der Waals surface area contributed by atoms with E-state index in [-0.39, 0.29) is 17.9 Å². The molecule has 1 saturated heterocycles. The zero-order valence-electron chi connectivity index (χ0n) is 19.0. The van der Waals surface area contributed by atoms with Crippen LogP contribution >= 0.6 is 0 Å². The van der Waals surface area contributed by atoms with Crippen molar-refractivity contribution >= 4 is 21.6 Å². The zero-order valence-corrected chi connectivity index (χ0v) is 19.8. The molecular formula is C24H28N4O4S. The maximum absolute atomic E-state index is 13.1. The van der Waals surface area contributed by atoms with Gasteiger partial charge in [-0.1, -0.05) is 0 Å². The van der Waals surface area contributed by atoms with Crippen LogP contribution in [0.4, 0.5) is 5.69 Å². The number of aromatic amines is 1. The number of hydrogen-bond donors (Lipinski definition) is 1. The molecule has 0 aliphatic carbocycles. The summed E-state index contributed by atoms with van der Waals surface area (Å²) in [5.41, 5.74) is 3.40. The first-order chi connectivity index (χ1) is 15.7. The Morgan fingerprint density at radius 2 is 1.88 bits per heavy atom. The number of hydrogen-bond acceptors (Lipinski definition) is 5. The fourth-order valence-electron chi connectivity index (χ4n) is 4.86. The minimum atomic E-state index is -3.50. The number of aromatic nitrogens is 1. The van der Waals surface area contributed by atoms with Crippen LogP contribution in [0.3, 0.4) is 0 Å². The number of rotatable bonds is 5. The Morgan fingerprint density at radius 3 is 2.58 bits per heavy atom. The van der Waals surface area contributed by atoms with E-state index in [1.807, 2.05) is 6.07 Å². The Balaban J connectivity index is 1.55. The molecule has 1 N–H and O–H groups in total. The van der Waals surface area contributed by atoms with Gasteiger partial charge in [-0.05, 0) is 80.8 Å². The number of carbonyl (C=O) groups excluding carboxylic acids is 1. The normalized spacial score (nSPS) is 16.5. The van der Waals surface area contributed by atoms with Crippen molar-refractivity contribution in [3.63, 3.8) is 0 Å². The number of nitrogens with one attached hydrogen (secondary N) is 1. The van der Waals surface area contributed by atoms with Crippen LogP contribution in [0.25, 0.3) is 0 Å². The second-order valence-electron chi connectivity index (χ2n) is 8.72. The van der Waals surface area contributed by atoms with Gasteiger partial charge in [0.25, 0.3) is 5.56 Å². The molecule has 0 atom stereocenters. The molecule has 8 nitrogen and oxygen atoms in total. The third kappa shape index (κ3) is 4.33. The molecule has 4 rings (SSSR count).